The molecule has 1 aliphatic heterocycles. The van der Waals surface area contributed by atoms with Crippen LogP contribution < -0.4 is 9.64 Å². The minimum Gasteiger partial charge on any atom is -0.497 e. The van der Waals surface area contributed by atoms with E-state index in [9.17, 15) is 4.79 Å². The van der Waals surface area contributed by atoms with Gasteiger partial charge in [-0.15, -0.1) is 10.2 Å². The van der Waals surface area contributed by atoms with Crippen LogP contribution in [0.4, 0.5) is 5.13 Å². The number of carbonyl (C=O) groups is 1. The molecule has 0 saturated heterocycles. The molecule has 3 aromatic heterocycles. The number of amides is 1. The number of benzene rings is 1. The Labute approximate surface area is 170 Å². The van der Waals surface area contributed by atoms with E-state index in [-0.39, 0.29) is 5.91 Å². The molecule has 0 atom stereocenters. The van der Waals surface area contributed by atoms with Crippen molar-refractivity contribution in [3.63, 3.8) is 0 Å². The first kappa shape index (κ1) is 17.7. The number of fused-ring (bicyclic) bond motifs is 2. The largest absolute Gasteiger partial charge is 0.497 e. The van der Waals surface area contributed by atoms with Gasteiger partial charge in [0.25, 0.3) is 5.91 Å². The van der Waals surface area contributed by atoms with Crippen molar-refractivity contribution in [3.8, 4) is 5.75 Å². The van der Waals surface area contributed by atoms with Gasteiger partial charge in [-0.1, -0.05) is 17.4 Å². The molecule has 4 heterocycles. The maximum atomic E-state index is 13.5. The van der Waals surface area contributed by atoms with Crippen molar-refractivity contribution in [2.45, 2.75) is 25.9 Å². The quantitative estimate of drug-likeness (QED) is 0.506. The van der Waals surface area contributed by atoms with Gasteiger partial charge in [0.1, 0.15) is 11.6 Å². The van der Waals surface area contributed by atoms with Gasteiger partial charge in [-0.05, 0) is 30.2 Å². The van der Waals surface area contributed by atoms with Crippen LogP contribution >= 0.6 is 11.3 Å². The van der Waals surface area contributed by atoms with Crippen LogP contribution in [-0.4, -0.2) is 37.7 Å². The first-order valence-corrected chi connectivity index (χ1v) is 10.1. The van der Waals surface area contributed by atoms with Crippen LogP contribution in [0.15, 0.2) is 42.7 Å². The SMILES string of the molecule is COc1ccc2sc(N(Cc3cccnc3)C(=O)c3nnc4n3CCC4)nc2c1. The smallest absolute Gasteiger partial charge is 0.298 e. The molecule has 5 rings (SSSR count). The monoisotopic (exact) mass is 406 g/mol. The topological polar surface area (TPSA) is 86.0 Å². The Kier molecular flexibility index (Phi) is 4.44. The zero-order valence-corrected chi connectivity index (χ0v) is 16.6. The summed E-state index contributed by atoms with van der Waals surface area (Å²) >= 11 is 1.46. The molecule has 9 heteroatoms. The lowest BCUT2D eigenvalue weighted by atomic mass is 10.2. The predicted molar refractivity (Wildman–Crippen MR) is 109 cm³/mol. The van der Waals surface area contributed by atoms with E-state index >= 15 is 0 Å². The molecule has 0 radical (unpaired) electrons. The van der Waals surface area contributed by atoms with Crippen molar-refractivity contribution in [3.05, 3.63) is 59.9 Å². The zero-order valence-electron chi connectivity index (χ0n) is 15.8. The van der Waals surface area contributed by atoms with Gasteiger partial charge in [0.15, 0.2) is 5.13 Å². The fraction of sp³-hybridized carbons (Fsp3) is 0.250. The fourth-order valence-corrected chi connectivity index (χ4v) is 4.41. The third kappa shape index (κ3) is 3.23. The lowest BCUT2D eigenvalue weighted by molar-refractivity contribution is 0.0970. The van der Waals surface area contributed by atoms with Gasteiger partial charge in [0.05, 0.1) is 23.9 Å². The normalized spacial score (nSPS) is 12.9. The minimum atomic E-state index is -0.208. The number of pyridine rings is 1. The lowest BCUT2D eigenvalue weighted by Gasteiger charge is -2.19. The van der Waals surface area contributed by atoms with Crippen LogP contribution in [0, 0.1) is 0 Å². The van der Waals surface area contributed by atoms with Crippen LogP contribution in [0.2, 0.25) is 0 Å². The lowest BCUT2D eigenvalue weighted by Crippen LogP contribution is -2.32. The highest BCUT2D eigenvalue weighted by Crippen LogP contribution is 2.33. The molecule has 0 aliphatic carbocycles. The number of aromatic nitrogens is 5. The van der Waals surface area contributed by atoms with Crippen LogP contribution in [0.1, 0.15) is 28.4 Å². The summed E-state index contributed by atoms with van der Waals surface area (Å²) in [5.74, 6) is 1.75. The Morgan fingerprint density at radius 2 is 2.24 bits per heavy atom. The van der Waals surface area contributed by atoms with E-state index in [0.717, 1.165) is 46.7 Å². The van der Waals surface area contributed by atoms with Crippen LogP contribution in [0.5, 0.6) is 5.75 Å². The summed E-state index contributed by atoms with van der Waals surface area (Å²) in [7, 11) is 1.62. The molecular formula is C20H18N6O2S. The van der Waals surface area contributed by atoms with Crippen LogP contribution in [-0.2, 0) is 19.5 Å². The second kappa shape index (κ2) is 7.25. The number of rotatable bonds is 5. The van der Waals surface area contributed by atoms with E-state index in [4.69, 9.17) is 9.72 Å². The first-order valence-electron chi connectivity index (χ1n) is 9.30. The van der Waals surface area contributed by atoms with Gasteiger partial charge in [0, 0.05) is 31.4 Å². The number of nitrogens with zero attached hydrogens (tertiary/aromatic N) is 6. The number of ether oxygens (including phenoxy) is 1. The summed E-state index contributed by atoms with van der Waals surface area (Å²) in [6.45, 7) is 1.12. The Bertz CT molecular complexity index is 1190. The van der Waals surface area contributed by atoms with Crippen molar-refractivity contribution in [1.29, 1.82) is 0 Å². The van der Waals surface area contributed by atoms with Gasteiger partial charge < -0.3 is 9.30 Å². The third-order valence-corrected chi connectivity index (χ3v) is 5.98. The molecule has 0 saturated carbocycles. The zero-order chi connectivity index (χ0) is 19.8. The molecule has 1 aromatic carbocycles. The number of carbonyl (C=O) groups excluding carboxylic acids is 1. The van der Waals surface area contributed by atoms with Gasteiger partial charge in [0.2, 0.25) is 5.82 Å². The first-order chi connectivity index (χ1) is 14.2. The Balaban J connectivity index is 1.57. The van der Waals surface area contributed by atoms with Crippen molar-refractivity contribution >= 4 is 32.6 Å². The molecule has 146 valence electrons. The molecule has 1 amide bonds. The number of hydrogen-bond donors (Lipinski definition) is 0. The maximum absolute atomic E-state index is 13.5. The molecule has 0 spiro atoms. The van der Waals surface area contributed by atoms with Gasteiger partial charge in [-0.3, -0.25) is 14.7 Å². The highest BCUT2D eigenvalue weighted by molar-refractivity contribution is 7.22. The summed E-state index contributed by atoms with van der Waals surface area (Å²) in [5.41, 5.74) is 1.71. The average Bonchev–Trinajstić information content (AvgIpc) is 3.46. The average molecular weight is 406 g/mol. The van der Waals surface area contributed by atoms with E-state index in [1.807, 2.05) is 34.9 Å². The number of methoxy groups -OCH3 is 1. The molecule has 0 N–H and O–H groups in total. The Morgan fingerprint density at radius 3 is 3.07 bits per heavy atom. The molecule has 0 fully saturated rings. The second-order valence-corrected chi connectivity index (χ2v) is 7.79. The summed E-state index contributed by atoms with van der Waals surface area (Å²) in [4.78, 5) is 24.0. The second-order valence-electron chi connectivity index (χ2n) is 6.78. The Hall–Kier alpha value is -3.33. The minimum absolute atomic E-state index is 0.208. The summed E-state index contributed by atoms with van der Waals surface area (Å²) in [6, 6.07) is 9.52. The van der Waals surface area contributed by atoms with E-state index in [2.05, 4.69) is 15.2 Å². The highest BCUT2D eigenvalue weighted by atomic mass is 32.1. The van der Waals surface area contributed by atoms with Gasteiger partial charge >= 0.3 is 0 Å². The van der Waals surface area contributed by atoms with Crippen LogP contribution in [0.3, 0.4) is 0 Å². The summed E-state index contributed by atoms with van der Waals surface area (Å²) in [6.07, 6.45) is 5.30. The molecule has 1 aliphatic rings. The molecule has 8 nitrogen and oxygen atoms in total. The van der Waals surface area contributed by atoms with Gasteiger partial charge in [-0.25, -0.2) is 4.98 Å². The molecule has 0 bridgehead atoms. The van der Waals surface area contributed by atoms with E-state index in [1.54, 1.807) is 24.4 Å². The summed E-state index contributed by atoms with van der Waals surface area (Å²) in [5, 5.41) is 8.96. The van der Waals surface area contributed by atoms with E-state index < -0.39 is 0 Å². The molecular weight excluding hydrogens is 388 g/mol. The van der Waals surface area contributed by atoms with Crippen molar-refractivity contribution in [2.24, 2.45) is 0 Å². The molecule has 29 heavy (non-hydrogen) atoms. The standard InChI is InChI=1S/C20H18N6O2S/c1-28-14-6-7-16-15(10-14)22-20(29-16)26(12-13-4-2-8-21-11-13)19(27)18-24-23-17-5-3-9-25(17)18/h2,4,6-8,10-11H,3,5,9,12H2,1H3. The maximum Gasteiger partial charge on any atom is 0.298 e. The molecule has 4 aromatic rings. The van der Waals surface area contributed by atoms with E-state index in [0.29, 0.717) is 17.5 Å². The predicted octanol–water partition coefficient (Wildman–Crippen LogP) is 3.08. The fourth-order valence-electron chi connectivity index (χ4n) is 3.47. The van der Waals surface area contributed by atoms with Crippen molar-refractivity contribution < 1.29 is 9.53 Å². The number of hydrogen-bond acceptors (Lipinski definition) is 7. The summed E-state index contributed by atoms with van der Waals surface area (Å²) < 4.78 is 8.19. The number of anilines is 1. The van der Waals surface area contributed by atoms with Crippen LogP contribution in [0.25, 0.3) is 10.2 Å². The highest BCUT2D eigenvalue weighted by Gasteiger charge is 2.29. The number of aryl methyl sites for hydroxylation is 1. The Morgan fingerprint density at radius 1 is 1.31 bits per heavy atom. The third-order valence-electron chi connectivity index (χ3n) is 4.92. The molecule has 0 unspecified atom stereocenters. The number of thiazole rings is 1. The van der Waals surface area contributed by atoms with E-state index in [1.165, 1.54) is 11.3 Å². The van der Waals surface area contributed by atoms with Crippen molar-refractivity contribution in [1.82, 2.24) is 24.7 Å². The van der Waals surface area contributed by atoms with Gasteiger partial charge in [-0.2, -0.15) is 0 Å². The van der Waals surface area contributed by atoms with Crippen molar-refractivity contribution in [2.75, 3.05) is 12.0 Å².